The van der Waals surface area contributed by atoms with Gasteiger partial charge in [-0.2, -0.15) is 0 Å². The summed E-state index contributed by atoms with van der Waals surface area (Å²) in [5.41, 5.74) is 7.74. The van der Waals surface area contributed by atoms with E-state index in [1.54, 1.807) is 6.92 Å². The summed E-state index contributed by atoms with van der Waals surface area (Å²) in [6, 6.07) is 5.56. The van der Waals surface area contributed by atoms with Crippen molar-refractivity contribution in [2.24, 2.45) is 5.73 Å². The number of hydrogen-bond acceptors (Lipinski definition) is 5. The summed E-state index contributed by atoms with van der Waals surface area (Å²) < 4.78 is 4.87. The van der Waals surface area contributed by atoms with Crippen molar-refractivity contribution in [3.63, 3.8) is 0 Å². The first-order valence-corrected chi connectivity index (χ1v) is 6.68. The number of ether oxygens (including phenoxy) is 1. The highest BCUT2D eigenvalue weighted by Crippen LogP contribution is 2.20. The number of carboxylic acid groups (broad SMARTS) is 1. The number of nitrogens with two attached hydrogens (primary N) is 1. The van der Waals surface area contributed by atoms with Gasteiger partial charge in [0.15, 0.2) is 6.61 Å². The number of terminal acetylenes is 1. The number of para-hydroxylation sites is 1. The topological polar surface area (TPSA) is 102 Å². The van der Waals surface area contributed by atoms with Gasteiger partial charge >= 0.3 is 11.9 Å². The van der Waals surface area contributed by atoms with E-state index in [2.05, 4.69) is 17.0 Å². The van der Waals surface area contributed by atoms with E-state index in [1.165, 1.54) is 0 Å². The second kappa shape index (κ2) is 10.2. The molecule has 1 aromatic carbocycles. The summed E-state index contributed by atoms with van der Waals surface area (Å²) in [5.74, 6) is 0.960. The number of anilines is 1. The van der Waals surface area contributed by atoms with Crippen molar-refractivity contribution in [3.8, 4) is 12.3 Å². The molecule has 0 aliphatic heterocycles. The Morgan fingerprint density at radius 1 is 1.41 bits per heavy atom. The number of esters is 1. The van der Waals surface area contributed by atoms with Gasteiger partial charge in [-0.3, -0.25) is 4.79 Å². The molecule has 0 aromatic heterocycles. The summed E-state index contributed by atoms with van der Waals surface area (Å²) in [6.45, 7) is 5.48. The van der Waals surface area contributed by atoms with Crippen LogP contribution in [0, 0.1) is 26.2 Å². The van der Waals surface area contributed by atoms with Gasteiger partial charge in [-0.1, -0.05) is 24.1 Å². The highest BCUT2D eigenvalue weighted by Gasteiger charge is 2.15. The molecular weight excluding hydrogens is 284 g/mol. The Bertz CT molecular complexity index is 529. The van der Waals surface area contributed by atoms with Gasteiger partial charge in [0.05, 0.1) is 6.54 Å². The third-order valence-electron chi connectivity index (χ3n) is 2.67. The van der Waals surface area contributed by atoms with Gasteiger partial charge in [0, 0.05) is 5.69 Å². The van der Waals surface area contributed by atoms with E-state index in [9.17, 15) is 9.59 Å². The number of carboxylic acids is 1. The average molecular weight is 306 g/mol. The second-order valence-electron chi connectivity index (χ2n) is 4.54. The molecule has 6 nitrogen and oxygen atoms in total. The molecule has 1 rings (SSSR count). The first-order valence-electron chi connectivity index (χ1n) is 6.68. The van der Waals surface area contributed by atoms with Crippen LogP contribution in [0.15, 0.2) is 18.2 Å². The van der Waals surface area contributed by atoms with Crippen LogP contribution in [0.4, 0.5) is 5.69 Å². The summed E-state index contributed by atoms with van der Waals surface area (Å²) in [5, 5.41) is 10.7. The van der Waals surface area contributed by atoms with Crippen LogP contribution in [0.1, 0.15) is 18.1 Å². The normalized spacial score (nSPS) is 10.5. The lowest BCUT2D eigenvalue weighted by Crippen LogP contribution is -2.29. The van der Waals surface area contributed by atoms with Crippen LogP contribution >= 0.6 is 0 Å². The maximum absolute atomic E-state index is 11.5. The summed E-state index contributed by atoms with van der Waals surface area (Å²) >= 11 is 0. The van der Waals surface area contributed by atoms with Crippen LogP contribution in [0.5, 0.6) is 0 Å². The molecule has 0 unspecified atom stereocenters. The molecule has 0 aliphatic carbocycles. The van der Waals surface area contributed by atoms with E-state index in [1.807, 2.05) is 32.0 Å². The van der Waals surface area contributed by atoms with Crippen LogP contribution in [0.25, 0.3) is 0 Å². The minimum absolute atomic E-state index is 0.0115. The fraction of sp³-hybridized carbons (Fsp3) is 0.375. The number of carbonyl (C=O) groups excluding carboxylic acids is 1. The van der Waals surface area contributed by atoms with Crippen molar-refractivity contribution in [1.82, 2.24) is 0 Å². The average Bonchev–Trinajstić information content (AvgIpc) is 2.48. The molecule has 0 aliphatic rings. The summed E-state index contributed by atoms with van der Waals surface area (Å²) in [6.07, 6.45) is 5.03. The second-order valence-corrected chi connectivity index (χ2v) is 4.54. The van der Waals surface area contributed by atoms with E-state index in [0.29, 0.717) is 0 Å². The molecule has 1 atom stereocenters. The number of rotatable bonds is 5. The Balaban J connectivity index is 0.000000763. The molecule has 22 heavy (non-hydrogen) atoms. The summed E-state index contributed by atoms with van der Waals surface area (Å²) in [4.78, 5) is 20.8. The molecule has 0 spiro atoms. The Morgan fingerprint density at radius 3 is 2.32 bits per heavy atom. The van der Waals surface area contributed by atoms with Gasteiger partial charge in [0.1, 0.15) is 6.04 Å². The third kappa shape index (κ3) is 7.31. The van der Waals surface area contributed by atoms with Gasteiger partial charge in [-0.25, -0.2) is 4.79 Å². The zero-order valence-electron chi connectivity index (χ0n) is 13.1. The van der Waals surface area contributed by atoms with Crippen LogP contribution in [0.2, 0.25) is 0 Å². The van der Waals surface area contributed by atoms with E-state index in [0.717, 1.165) is 16.8 Å². The van der Waals surface area contributed by atoms with Crippen molar-refractivity contribution in [2.75, 3.05) is 18.5 Å². The number of hydrogen-bond donors (Lipinski definition) is 3. The van der Waals surface area contributed by atoms with Crippen molar-refractivity contribution >= 4 is 17.6 Å². The Morgan fingerprint density at radius 2 is 1.91 bits per heavy atom. The predicted molar refractivity (Wildman–Crippen MR) is 85.5 cm³/mol. The Labute approximate surface area is 130 Å². The van der Waals surface area contributed by atoms with Gasteiger partial charge < -0.3 is 20.9 Å². The van der Waals surface area contributed by atoms with Crippen molar-refractivity contribution in [3.05, 3.63) is 29.3 Å². The quantitative estimate of drug-likeness (QED) is 0.560. The summed E-state index contributed by atoms with van der Waals surface area (Å²) in [7, 11) is 0. The molecule has 1 aromatic rings. The molecule has 4 N–H and O–H groups in total. The molecule has 0 heterocycles. The zero-order valence-corrected chi connectivity index (χ0v) is 13.1. The van der Waals surface area contributed by atoms with Gasteiger partial charge in [0.2, 0.25) is 0 Å². The number of aliphatic carboxylic acids is 1. The molecule has 6 heteroatoms. The van der Waals surface area contributed by atoms with Crippen molar-refractivity contribution in [2.45, 2.75) is 26.8 Å². The molecule has 0 radical (unpaired) electrons. The molecule has 0 saturated heterocycles. The van der Waals surface area contributed by atoms with Crippen LogP contribution in [-0.2, 0) is 14.3 Å². The number of carbonyl (C=O) groups is 2. The van der Waals surface area contributed by atoms with Gasteiger partial charge in [-0.05, 0) is 31.9 Å². The number of nitrogens with one attached hydrogen (secondary N) is 1. The highest BCUT2D eigenvalue weighted by atomic mass is 16.5. The number of benzene rings is 1. The largest absolute Gasteiger partial charge is 0.480 e. The zero-order chi connectivity index (χ0) is 17.1. The van der Waals surface area contributed by atoms with E-state index in [-0.39, 0.29) is 19.1 Å². The SMILES string of the molecule is C#CCOC(=O)[C@H](C)Nc1c(C)cccc1C.NCC(=O)O. The first-order chi connectivity index (χ1) is 10.3. The predicted octanol–water partition coefficient (Wildman–Crippen LogP) is 1.31. The van der Waals surface area contributed by atoms with E-state index >= 15 is 0 Å². The molecular formula is C16H22N2O4. The van der Waals surface area contributed by atoms with E-state index < -0.39 is 12.0 Å². The number of aryl methyl sites for hydroxylation is 2. The smallest absolute Gasteiger partial charge is 0.329 e. The lowest BCUT2D eigenvalue weighted by molar-refractivity contribution is -0.142. The Kier molecular flexibility index (Phi) is 9.07. The van der Waals surface area contributed by atoms with Gasteiger partial charge in [-0.15, -0.1) is 6.42 Å². The standard InChI is InChI=1S/C14H17NO2.C2H5NO2/c1-5-9-17-14(16)12(4)15-13-10(2)7-6-8-11(13)3;3-1-2(4)5/h1,6-8,12,15H,9H2,2-4H3;1,3H2,(H,4,5)/t12-;/m0./s1. The Hall–Kier alpha value is -2.52. The minimum Gasteiger partial charge on any atom is -0.480 e. The van der Waals surface area contributed by atoms with Crippen molar-refractivity contribution < 1.29 is 19.4 Å². The molecule has 0 saturated carbocycles. The van der Waals surface area contributed by atoms with Gasteiger partial charge in [0.25, 0.3) is 0 Å². The first kappa shape index (κ1) is 19.5. The maximum atomic E-state index is 11.5. The fourth-order valence-corrected chi connectivity index (χ4v) is 1.56. The van der Waals surface area contributed by atoms with Crippen LogP contribution < -0.4 is 11.1 Å². The molecule has 0 bridgehead atoms. The lowest BCUT2D eigenvalue weighted by atomic mass is 10.1. The van der Waals surface area contributed by atoms with Crippen LogP contribution in [-0.4, -0.2) is 36.2 Å². The highest BCUT2D eigenvalue weighted by molar-refractivity contribution is 5.79. The maximum Gasteiger partial charge on any atom is 0.329 e. The molecule has 0 amide bonds. The molecule has 120 valence electrons. The molecule has 0 fully saturated rings. The fourth-order valence-electron chi connectivity index (χ4n) is 1.56. The van der Waals surface area contributed by atoms with Crippen molar-refractivity contribution in [1.29, 1.82) is 0 Å². The van der Waals surface area contributed by atoms with Crippen LogP contribution in [0.3, 0.4) is 0 Å². The monoisotopic (exact) mass is 306 g/mol. The third-order valence-corrected chi connectivity index (χ3v) is 2.67. The minimum atomic E-state index is -0.968. The van der Waals surface area contributed by atoms with E-state index in [4.69, 9.17) is 16.3 Å². The lowest BCUT2D eigenvalue weighted by Gasteiger charge is -2.17.